The smallest absolute Gasteiger partial charge is 0.390 e. The standard InChI is InChI=1S/C20H24F3N5O3S2/c1-19(2,29)9-16-12(10-24)8-15(32-16)17-14(20(21,22)23)11-25-18(27-17)26-13-4-6-28(7-5-13)33(3,30)31/h8,11,13,29H,4-7,9H2,1-3H3,(H,25,26,27). The number of nitrogens with zero attached hydrogens (tertiary/aromatic N) is 4. The number of thiophene rings is 1. The molecule has 0 atom stereocenters. The maximum Gasteiger partial charge on any atom is 0.420 e. The van der Waals surface area contributed by atoms with Gasteiger partial charge in [-0.3, -0.25) is 0 Å². The van der Waals surface area contributed by atoms with Crippen molar-refractivity contribution in [2.45, 2.75) is 50.9 Å². The second kappa shape index (κ2) is 9.17. The van der Waals surface area contributed by atoms with Gasteiger partial charge in [-0.2, -0.15) is 18.4 Å². The van der Waals surface area contributed by atoms with Gasteiger partial charge in [0.2, 0.25) is 16.0 Å². The molecule has 0 bridgehead atoms. The van der Waals surface area contributed by atoms with Gasteiger partial charge < -0.3 is 10.4 Å². The van der Waals surface area contributed by atoms with Crippen LogP contribution in [0.1, 0.15) is 42.7 Å². The summed E-state index contributed by atoms with van der Waals surface area (Å²) >= 11 is 0.978. The van der Waals surface area contributed by atoms with E-state index in [2.05, 4.69) is 15.3 Å². The second-order valence-electron chi connectivity index (χ2n) is 8.58. The van der Waals surface area contributed by atoms with Crippen molar-refractivity contribution in [2.24, 2.45) is 0 Å². The molecule has 0 saturated carbocycles. The Hall–Kier alpha value is -2.27. The molecule has 1 aliphatic rings. The number of hydrogen-bond acceptors (Lipinski definition) is 8. The second-order valence-corrected chi connectivity index (χ2v) is 11.7. The minimum absolute atomic E-state index is 0.00764. The highest BCUT2D eigenvalue weighted by Crippen LogP contribution is 2.40. The van der Waals surface area contributed by atoms with E-state index in [1.807, 2.05) is 6.07 Å². The van der Waals surface area contributed by atoms with Crippen LogP contribution < -0.4 is 5.32 Å². The normalized spacial score (nSPS) is 16.5. The van der Waals surface area contributed by atoms with Crippen molar-refractivity contribution in [1.82, 2.24) is 14.3 Å². The average Bonchev–Trinajstić information content (AvgIpc) is 3.08. The molecule has 33 heavy (non-hydrogen) atoms. The SMILES string of the molecule is CC(C)(O)Cc1sc(-c2nc(NC3CCN(S(C)(=O)=O)CC3)ncc2C(F)(F)F)cc1C#N. The summed E-state index contributed by atoms with van der Waals surface area (Å²) in [6.07, 6.45) is -1.84. The van der Waals surface area contributed by atoms with Gasteiger partial charge in [0, 0.05) is 36.6 Å². The highest BCUT2D eigenvalue weighted by atomic mass is 32.2. The zero-order chi connectivity index (χ0) is 24.6. The molecule has 1 saturated heterocycles. The summed E-state index contributed by atoms with van der Waals surface area (Å²) in [5.41, 5.74) is -2.33. The number of aliphatic hydroxyl groups is 1. The molecule has 1 aliphatic heterocycles. The first-order valence-corrected chi connectivity index (χ1v) is 12.8. The minimum Gasteiger partial charge on any atom is -0.390 e. The Bertz CT molecular complexity index is 1160. The number of sulfonamides is 1. The molecule has 2 aromatic rings. The fourth-order valence-corrected chi connectivity index (χ4v) is 5.73. The van der Waals surface area contributed by atoms with E-state index >= 15 is 0 Å². The predicted molar refractivity (Wildman–Crippen MR) is 118 cm³/mol. The average molecular weight is 504 g/mol. The molecular formula is C20H24F3N5O3S2. The lowest BCUT2D eigenvalue weighted by Gasteiger charge is -2.30. The summed E-state index contributed by atoms with van der Waals surface area (Å²) in [5.74, 6) is -0.00764. The molecule has 3 heterocycles. The van der Waals surface area contributed by atoms with Crippen LogP contribution in [0.5, 0.6) is 0 Å². The first-order valence-electron chi connectivity index (χ1n) is 10.1. The lowest BCUT2D eigenvalue weighted by Crippen LogP contribution is -2.42. The molecule has 0 aromatic carbocycles. The summed E-state index contributed by atoms with van der Waals surface area (Å²) < 4.78 is 65.7. The van der Waals surface area contributed by atoms with Crippen LogP contribution in [0, 0.1) is 11.3 Å². The number of piperidine rings is 1. The number of hydrogen-bond donors (Lipinski definition) is 2. The summed E-state index contributed by atoms with van der Waals surface area (Å²) in [6.45, 7) is 3.69. The molecule has 180 valence electrons. The largest absolute Gasteiger partial charge is 0.420 e. The molecule has 0 spiro atoms. The lowest BCUT2D eigenvalue weighted by atomic mass is 10.0. The number of nitriles is 1. The Morgan fingerprint density at radius 2 is 1.97 bits per heavy atom. The molecule has 0 aliphatic carbocycles. The van der Waals surface area contributed by atoms with Gasteiger partial charge in [-0.15, -0.1) is 11.3 Å². The van der Waals surface area contributed by atoms with Crippen molar-refractivity contribution in [1.29, 1.82) is 5.26 Å². The van der Waals surface area contributed by atoms with Crippen LogP contribution in [-0.2, 0) is 22.6 Å². The third kappa shape index (κ3) is 6.41. The highest BCUT2D eigenvalue weighted by Gasteiger charge is 2.36. The van der Waals surface area contributed by atoms with Gasteiger partial charge in [0.05, 0.1) is 28.0 Å². The van der Waals surface area contributed by atoms with Crippen molar-refractivity contribution in [3.63, 3.8) is 0 Å². The molecule has 13 heteroatoms. The third-order valence-electron chi connectivity index (χ3n) is 5.11. The molecular weight excluding hydrogens is 479 g/mol. The Morgan fingerprint density at radius 1 is 1.33 bits per heavy atom. The van der Waals surface area contributed by atoms with Crippen molar-refractivity contribution < 1.29 is 26.7 Å². The van der Waals surface area contributed by atoms with Crippen molar-refractivity contribution in [2.75, 3.05) is 24.7 Å². The first-order chi connectivity index (χ1) is 15.2. The molecule has 2 aromatic heterocycles. The number of rotatable bonds is 6. The van der Waals surface area contributed by atoms with E-state index in [4.69, 9.17) is 0 Å². The molecule has 8 nitrogen and oxygen atoms in total. The van der Waals surface area contributed by atoms with Gasteiger partial charge in [-0.05, 0) is 32.8 Å². The summed E-state index contributed by atoms with van der Waals surface area (Å²) in [6, 6.07) is 3.12. The fourth-order valence-electron chi connectivity index (χ4n) is 3.53. The van der Waals surface area contributed by atoms with Crippen LogP contribution in [0.4, 0.5) is 19.1 Å². The minimum atomic E-state index is -4.71. The Labute approximate surface area is 194 Å². The summed E-state index contributed by atoms with van der Waals surface area (Å²) in [7, 11) is -3.30. The summed E-state index contributed by atoms with van der Waals surface area (Å²) in [5, 5.41) is 22.5. The highest BCUT2D eigenvalue weighted by molar-refractivity contribution is 7.88. The molecule has 3 rings (SSSR count). The van der Waals surface area contributed by atoms with E-state index in [9.17, 15) is 32.0 Å². The van der Waals surface area contributed by atoms with Crippen LogP contribution in [0.25, 0.3) is 10.6 Å². The number of halogens is 3. The van der Waals surface area contributed by atoms with Gasteiger partial charge in [-0.1, -0.05) is 0 Å². The fraction of sp³-hybridized carbons (Fsp3) is 0.550. The van der Waals surface area contributed by atoms with E-state index in [0.29, 0.717) is 37.0 Å². The van der Waals surface area contributed by atoms with E-state index in [-0.39, 0.29) is 34.5 Å². The Kier molecular flexibility index (Phi) is 7.05. The zero-order valence-electron chi connectivity index (χ0n) is 18.3. The van der Waals surface area contributed by atoms with E-state index in [1.165, 1.54) is 10.4 Å². The van der Waals surface area contributed by atoms with Gasteiger partial charge in [0.1, 0.15) is 11.6 Å². The molecule has 0 unspecified atom stereocenters. The number of nitrogens with one attached hydrogen (secondary N) is 1. The van der Waals surface area contributed by atoms with Gasteiger partial charge in [-0.25, -0.2) is 22.7 Å². The monoisotopic (exact) mass is 503 g/mol. The van der Waals surface area contributed by atoms with Crippen molar-refractivity contribution in [3.05, 3.63) is 28.3 Å². The van der Waals surface area contributed by atoms with E-state index < -0.39 is 27.4 Å². The van der Waals surface area contributed by atoms with Crippen LogP contribution in [-0.4, -0.2) is 58.8 Å². The maximum atomic E-state index is 13.7. The van der Waals surface area contributed by atoms with Crippen LogP contribution in [0.3, 0.4) is 0 Å². The number of anilines is 1. The van der Waals surface area contributed by atoms with Gasteiger partial charge >= 0.3 is 6.18 Å². The zero-order valence-corrected chi connectivity index (χ0v) is 19.9. The first kappa shape index (κ1) is 25.4. The topological polar surface area (TPSA) is 119 Å². The maximum absolute atomic E-state index is 13.7. The Balaban J connectivity index is 1.92. The van der Waals surface area contributed by atoms with Crippen LogP contribution in [0.15, 0.2) is 12.3 Å². The number of alkyl halides is 3. The molecule has 0 amide bonds. The van der Waals surface area contributed by atoms with Crippen molar-refractivity contribution >= 4 is 27.3 Å². The van der Waals surface area contributed by atoms with E-state index in [0.717, 1.165) is 17.6 Å². The summed E-state index contributed by atoms with van der Waals surface area (Å²) in [4.78, 5) is 8.56. The Morgan fingerprint density at radius 3 is 2.48 bits per heavy atom. The van der Waals surface area contributed by atoms with Crippen LogP contribution in [0.2, 0.25) is 0 Å². The van der Waals surface area contributed by atoms with Crippen LogP contribution >= 0.6 is 11.3 Å². The number of aromatic nitrogens is 2. The lowest BCUT2D eigenvalue weighted by molar-refractivity contribution is -0.137. The predicted octanol–water partition coefficient (Wildman–Crippen LogP) is 3.24. The quantitative estimate of drug-likeness (QED) is 0.621. The van der Waals surface area contributed by atoms with Gasteiger partial charge in [0.15, 0.2) is 0 Å². The molecule has 1 fully saturated rings. The van der Waals surface area contributed by atoms with Crippen molar-refractivity contribution in [3.8, 4) is 16.6 Å². The molecule has 0 radical (unpaired) electrons. The van der Waals surface area contributed by atoms with E-state index in [1.54, 1.807) is 13.8 Å². The third-order valence-corrected chi connectivity index (χ3v) is 7.55. The van der Waals surface area contributed by atoms with Gasteiger partial charge in [0.25, 0.3) is 0 Å². The molecule has 2 N–H and O–H groups in total.